The Kier molecular flexibility index (Phi) is 8.80. The molecule has 0 spiro atoms. The van der Waals surface area contributed by atoms with Gasteiger partial charge in [-0.15, -0.1) is 0 Å². The summed E-state index contributed by atoms with van der Waals surface area (Å²) in [6, 6.07) is 25.9. The molecule has 0 heterocycles. The smallest absolute Gasteiger partial charge is 0.240 e. The number of carbonyl (C=O) groups excluding carboxylic acids is 2. The SMILES string of the molecule is C[C@@H](c1ccc(Br)cc1)N(C(=O)C(c1ccccc1)c1ccccc1)[C@H](CCCN)C(N)=O. The summed E-state index contributed by atoms with van der Waals surface area (Å²) in [6.45, 7) is 2.35. The largest absolute Gasteiger partial charge is 0.368 e. The number of halogens is 1. The van der Waals surface area contributed by atoms with Crippen molar-refractivity contribution in [2.45, 2.75) is 37.8 Å². The Bertz CT molecular complexity index is 1000. The van der Waals surface area contributed by atoms with E-state index in [1.165, 1.54) is 0 Å². The van der Waals surface area contributed by atoms with E-state index in [4.69, 9.17) is 11.5 Å². The molecule has 0 aliphatic carbocycles. The summed E-state index contributed by atoms with van der Waals surface area (Å²) in [7, 11) is 0. The minimum atomic E-state index is -0.769. The van der Waals surface area contributed by atoms with Gasteiger partial charge in [0.15, 0.2) is 0 Å². The van der Waals surface area contributed by atoms with Gasteiger partial charge in [0.05, 0.1) is 12.0 Å². The number of primary amides is 1. The highest BCUT2D eigenvalue weighted by Crippen LogP contribution is 2.33. The zero-order valence-corrected chi connectivity index (χ0v) is 20.3. The Labute approximate surface area is 203 Å². The highest BCUT2D eigenvalue weighted by Gasteiger charge is 2.37. The van der Waals surface area contributed by atoms with Gasteiger partial charge in [-0.2, -0.15) is 0 Å². The molecule has 3 aromatic rings. The van der Waals surface area contributed by atoms with E-state index in [-0.39, 0.29) is 11.9 Å². The van der Waals surface area contributed by atoms with Crippen molar-refractivity contribution in [1.29, 1.82) is 0 Å². The van der Waals surface area contributed by atoms with E-state index in [1.807, 2.05) is 91.9 Å². The molecule has 3 rings (SSSR count). The standard InChI is InChI=1S/C27H30BrN3O2/c1-19(20-14-16-23(28)17-15-20)31(24(26(30)32)13-8-18-29)27(33)25(21-9-4-2-5-10-21)22-11-6-3-7-12-22/h2-7,9-12,14-17,19,24-25H,8,13,18,29H2,1H3,(H2,30,32)/t19-,24+/m0/s1. The molecule has 0 bridgehead atoms. The van der Waals surface area contributed by atoms with Crippen LogP contribution in [-0.2, 0) is 9.59 Å². The lowest BCUT2D eigenvalue weighted by Crippen LogP contribution is -2.50. The molecule has 5 nitrogen and oxygen atoms in total. The highest BCUT2D eigenvalue weighted by atomic mass is 79.9. The normalized spacial score (nSPS) is 12.8. The van der Waals surface area contributed by atoms with Gasteiger partial charge in [0.2, 0.25) is 11.8 Å². The Morgan fingerprint density at radius 3 is 1.82 bits per heavy atom. The van der Waals surface area contributed by atoms with Crippen molar-refractivity contribution < 1.29 is 9.59 Å². The predicted molar refractivity (Wildman–Crippen MR) is 135 cm³/mol. The summed E-state index contributed by atoms with van der Waals surface area (Å²) in [4.78, 5) is 28.6. The third-order valence-corrected chi connectivity index (χ3v) is 6.41. The molecule has 0 aromatic heterocycles. The van der Waals surface area contributed by atoms with Gasteiger partial charge in [0.1, 0.15) is 6.04 Å². The van der Waals surface area contributed by atoms with Crippen LogP contribution < -0.4 is 11.5 Å². The van der Waals surface area contributed by atoms with Crippen LogP contribution in [0.1, 0.15) is 48.4 Å². The minimum absolute atomic E-state index is 0.163. The Morgan fingerprint density at radius 1 is 0.848 bits per heavy atom. The maximum Gasteiger partial charge on any atom is 0.240 e. The third-order valence-electron chi connectivity index (χ3n) is 5.88. The molecule has 3 aromatic carbocycles. The van der Waals surface area contributed by atoms with Crippen molar-refractivity contribution in [1.82, 2.24) is 4.90 Å². The molecular weight excluding hydrogens is 478 g/mol. The quantitative estimate of drug-likeness (QED) is 0.414. The van der Waals surface area contributed by atoms with E-state index in [0.29, 0.717) is 19.4 Å². The molecule has 0 saturated carbocycles. The highest BCUT2D eigenvalue weighted by molar-refractivity contribution is 9.10. The first-order valence-corrected chi connectivity index (χ1v) is 11.9. The number of nitrogens with zero attached hydrogens (tertiary/aromatic N) is 1. The van der Waals surface area contributed by atoms with Crippen LogP contribution >= 0.6 is 15.9 Å². The second-order valence-corrected chi connectivity index (χ2v) is 8.99. The van der Waals surface area contributed by atoms with Crippen molar-refractivity contribution in [3.63, 3.8) is 0 Å². The third kappa shape index (κ3) is 6.09. The van der Waals surface area contributed by atoms with Gasteiger partial charge in [-0.3, -0.25) is 9.59 Å². The van der Waals surface area contributed by atoms with Gasteiger partial charge in [0, 0.05) is 4.47 Å². The summed E-state index contributed by atoms with van der Waals surface area (Å²) in [6.07, 6.45) is 1.00. The van der Waals surface area contributed by atoms with Crippen LogP contribution in [0.15, 0.2) is 89.4 Å². The lowest BCUT2D eigenvalue weighted by Gasteiger charge is -2.38. The Hall–Kier alpha value is -2.96. The van der Waals surface area contributed by atoms with Crippen molar-refractivity contribution in [3.05, 3.63) is 106 Å². The number of nitrogens with two attached hydrogens (primary N) is 2. The van der Waals surface area contributed by atoms with Crippen LogP contribution in [0.3, 0.4) is 0 Å². The van der Waals surface area contributed by atoms with Crippen molar-refractivity contribution in [2.75, 3.05) is 6.54 Å². The van der Waals surface area contributed by atoms with Crippen LogP contribution in [0.4, 0.5) is 0 Å². The van der Waals surface area contributed by atoms with Crippen LogP contribution in [0.25, 0.3) is 0 Å². The first-order chi connectivity index (χ1) is 15.9. The van der Waals surface area contributed by atoms with Crippen LogP contribution in [0.2, 0.25) is 0 Å². The molecule has 2 amide bonds. The summed E-state index contributed by atoms with van der Waals surface area (Å²) in [5, 5.41) is 0. The molecule has 4 N–H and O–H groups in total. The number of rotatable bonds is 10. The Morgan fingerprint density at radius 2 is 1.36 bits per heavy atom. The number of amides is 2. The van der Waals surface area contributed by atoms with Crippen LogP contribution in [0, 0.1) is 0 Å². The molecule has 0 fully saturated rings. The molecule has 6 heteroatoms. The number of hydrogen-bond donors (Lipinski definition) is 2. The Balaban J connectivity index is 2.12. The first kappa shape index (κ1) is 24.7. The molecule has 0 saturated heterocycles. The van der Waals surface area contributed by atoms with Gasteiger partial charge in [-0.25, -0.2) is 0 Å². The zero-order valence-electron chi connectivity index (χ0n) is 18.7. The van der Waals surface area contributed by atoms with E-state index in [1.54, 1.807) is 4.90 Å². The van der Waals surface area contributed by atoms with Crippen LogP contribution in [-0.4, -0.2) is 29.3 Å². The number of benzene rings is 3. The average Bonchev–Trinajstić information content (AvgIpc) is 2.83. The average molecular weight is 508 g/mol. The van der Waals surface area contributed by atoms with Gasteiger partial charge in [-0.1, -0.05) is 88.7 Å². The molecule has 0 aliphatic rings. The lowest BCUT2D eigenvalue weighted by molar-refractivity contribution is -0.142. The van der Waals surface area contributed by atoms with Crippen molar-refractivity contribution in [2.24, 2.45) is 11.5 Å². The second kappa shape index (κ2) is 11.8. The minimum Gasteiger partial charge on any atom is -0.368 e. The second-order valence-electron chi connectivity index (χ2n) is 8.08. The van der Waals surface area contributed by atoms with Gasteiger partial charge in [-0.05, 0) is 55.1 Å². The van der Waals surface area contributed by atoms with E-state index in [2.05, 4.69) is 15.9 Å². The molecule has 0 radical (unpaired) electrons. The number of hydrogen-bond acceptors (Lipinski definition) is 3. The zero-order chi connectivity index (χ0) is 23.8. The summed E-state index contributed by atoms with van der Waals surface area (Å²) < 4.78 is 0.942. The maximum absolute atomic E-state index is 14.3. The first-order valence-electron chi connectivity index (χ1n) is 11.1. The van der Waals surface area contributed by atoms with Gasteiger partial charge in [0.25, 0.3) is 0 Å². The lowest BCUT2D eigenvalue weighted by atomic mass is 9.88. The molecule has 2 atom stereocenters. The summed E-state index contributed by atoms with van der Waals surface area (Å²) in [5.74, 6) is -1.26. The molecule has 0 unspecified atom stereocenters. The summed E-state index contributed by atoms with van der Waals surface area (Å²) >= 11 is 3.46. The predicted octanol–water partition coefficient (Wildman–Crippen LogP) is 4.76. The maximum atomic E-state index is 14.3. The van der Waals surface area contributed by atoms with Gasteiger partial charge < -0.3 is 16.4 Å². The fraction of sp³-hybridized carbons (Fsp3) is 0.259. The van der Waals surface area contributed by atoms with E-state index in [0.717, 1.165) is 21.2 Å². The molecule has 33 heavy (non-hydrogen) atoms. The van der Waals surface area contributed by atoms with Crippen LogP contribution in [0.5, 0.6) is 0 Å². The molecular formula is C27H30BrN3O2. The monoisotopic (exact) mass is 507 g/mol. The fourth-order valence-electron chi connectivity index (χ4n) is 4.16. The molecule has 0 aliphatic heterocycles. The van der Waals surface area contributed by atoms with E-state index in [9.17, 15) is 9.59 Å². The number of carbonyl (C=O) groups is 2. The molecule has 172 valence electrons. The summed E-state index contributed by atoms with van der Waals surface area (Å²) in [5.41, 5.74) is 14.2. The fourth-order valence-corrected chi connectivity index (χ4v) is 4.43. The van der Waals surface area contributed by atoms with Crippen molar-refractivity contribution >= 4 is 27.7 Å². The van der Waals surface area contributed by atoms with Gasteiger partial charge >= 0.3 is 0 Å². The topological polar surface area (TPSA) is 89.4 Å². The van der Waals surface area contributed by atoms with E-state index >= 15 is 0 Å². The van der Waals surface area contributed by atoms with E-state index < -0.39 is 17.9 Å². The van der Waals surface area contributed by atoms with Crippen molar-refractivity contribution in [3.8, 4) is 0 Å².